The Morgan fingerprint density at radius 3 is 2.77 bits per heavy atom. The van der Waals surface area contributed by atoms with Gasteiger partial charge in [-0.25, -0.2) is 15.8 Å². The standard InChI is InChI=1S/C21H25N7O3/c22-16(13-29)12-28(23)11-14-8-18-19(24-10-14)21(27-4-6-31-7-5-27)26-20(25-18)15-2-1-3-17(30)9-15/h1-3,8-10,12,29-30H,4-7,11,13,22-23H2/b16-12-. The molecule has 0 amide bonds. The maximum absolute atomic E-state index is 9.89. The Labute approximate surface area is 179 Å². The predicted molar refractivity (Wildman–Crippen MR) is 117 cm³/mol. The molecule has 1 aliphatic heterocycles. The summed E-state index contributed by atoms with van der Waals surface area (Å²) in [4.78, 5) is 16.2. The molecule has 3 aromatic rings. The number of phenolic OH excluding ortho intramolecular Hbond substituents is 1. The number of hydrogen-bond acceptors (Lipinski definition) is 10. The van der Waals surface area contributed by atoms with E-state index in [1.165, 1.54) is 11.2 Å². The molecule has 3 heterocycles. The molecule has 1 saturated heterocycles. The van der Waals surface area contributed by atoms with Crippen molar-refractivity contribution < 1.29 is 14.9 Å². The zero-order valence-electron chi connectivity index (χ0n) is 17.0. The highest BCUT2D eigenvalue weighted by molar-refractivity contribution is 5.88. The minimum absolute atomic E-state index is 0.146. The normalized spacial score (nSPS) is 14.8. The monoisotopic (exact) mass is 423 g/mol. The largest absolute Gasteiger partial charge is 0.508 e. The quantitative estimate of drug-likeness (QED) is 0.330. The van der Waals surface area contributed by atoms with Crippen LogP contribution in [0.1, 0.15) is 5.56 Å². The highest BCUT2D eigenvalue weighted by atomic mass is 16.5. The molecule has 1 aliphatic rings. The van der Waals surface area contributed by atoms with Gasteiger partial charge in [0.25, 0.3) is 0 Å². The zero-order chi connectivity index (χ0) is 21.8. The van der Waals surface area contributed by atoms with Crippen molar-refractivity contribution in [3.63, 3.8) is 0 Å². The maximum atomic E-state index is 9.89. The van der Waals surface area contributed by atoms with E-state index in [9.17, 15) is 5.11 Å². The topological polar surface area (TPSA) is 147 Å². The Kier molecular flexibility index (Phi) is 6.12. The number of pyridine rings is 1. The number of aromatic hydroxyl groups is 1. The van der Waals surface area contributed by atoms with Gasteiger partial charge in [0.2, 0.25) is 0 Å². The van der Waals surface area contributed by atoms with Crippen LogP contribution in [0.2, 0.25) is 0 Å². The molecule has 0 bridgehead atoms. The van der Waals surface area contributed by atoms with Crippen LogP contribution in [0.4, 0.5) is 5.82 Å². The molecule has 0 aliphatic carbocycles. The van der Waals surface area contributed by atoms with Crippen LogP contribution in [-0.2, 0) is 11.3 Å². The fraction of sp³-hybridized carbons (Fsp3) is 0.286. The number of hydrazine groups is 1. The van der Waals surface area contributed by atoms with Gasteiger partial charge in [-0.2, -0.15) is 0 Å². The molecular formula is C21H25N7O3. The van der Waals surface area contributed by atoms with Crippen molar-refractivity contribution in [3.8, 4) is 17.1 Å². The van der Waals surface area contributed by atoms with Gasteiger partial charge < -0.3 is 30.6 Å². The average Bonchev–Trinajstić information content (AvgIpc) is 2.78. The van der Waals surface area contributed by atoms with E-state index in [1.807, 2.05) is 12.1 Å². The van der Waals surface area contributed by atoms with Gasteiger partial charge in [0.1, 0.15) is 11.3 Å². The van der Waals surface area contributed by atoms with Crippen LogP contribution in [0.15, 0.2) is 48.4 Å². The lowest BCUT2D eigenvalue weighted by Crippen LogP contribution is -2.37. The molecule has 1 fully saturated rings. The van der Waals surface area contributed by atoms with Crippen molar-refractivity contribution in [2.45, 2.75) is 6.54 Å². The van der Waals surface area contributed by atoms with E-state index < -0.39 is 0 Å². The smallest absolute Gasteiger partial charge is 0.162 e. The zero-order valence-corrected chi connectivity index (χ0v) is 17.0. The number of aromatic nitrogens is 3. The first-order chi connectivity index (χ1) is 15.0. The van der Waals surface area contributed by atoms with Crippen molar-refractivity contribution in [2.75, 3.05) is 37.8 Å². The van der Waals surface area contributed by atoms with Crippen LogP contribution in [0.5, 0.6) is 5.75 Å². The Morgan fingerprint density at radius 2 is 2.03 bits per heavy atom. The first-order valence-corrected chi connectivity index (χ1v) is 9.90. The van der Waals surface area contributed by atoms with E-state index in [2.05, 4.69) is 9.88 Å². The third kappa shape index (κ3) is 4.82. The Balaban J connectivity index is 1.77. The second-order valence-corrected chi connectivity index (χ2v) is 7.27. The number of ether oxygens (including phenoxy) is 1. The highest BCUT2D eigenvalue weighted by Gasteiger charge is 2.19. The molecule has 0 unspecified atom stereocenters. The van der Waals surface area contributed by atoms with Crippen molar-refractivity contribution in [2.24, 2.45) is 11.6 Å². The van der Waals surface area contributed by atoms with E-state index in [1.54, 1.807) is 24.4 Å². The van der Waals surface area contributed by atoms with Gasteiger partial charge in [-0.3, -0.25) is 4.98 Å². The van der Waals surface area contributed by atoms with Gasteiger partial charge in [-0.15, -0.1) is 0 Å². The summed E-state index contributed by atoms with van der Waals surface area (Å²) in [6.45, 7) is 2.71. The third-order valence-corrected chi connectivity index (χ3v) is 4.87. The molecule has 10 nitrogen and oxygen atoms in total. The summed E-state index contributed by atoms with van der Waals surface area (Å²) in [6.07, 6.45) is 3.20. The molecule has 0 saturated carbocycles. The number of phenols is 1. The van der Waals surface area contributed by atoms with Crippen molar-refractivity contribution >= 4 is 16.9 Å². The van der Waals surface area contributed by atoms with E-state index in [-0.39, 0.29) is 18.1 Å². The van der Waals surface area contributed by atoms with E-state index >= 15 is 0 Å². The molecule has 2 aromatic heterocycles. The molecule has 31 heavy (non-hydrogen) atoms. The van der Waals surface area contributed by atoms with Crippen LogP contribution in [0, 0.1) is 0 Å². The predicted octanol–water partition coefficient (Wildman–Crippen LogP) is 0.702. The number of rotatable bonds is 6. The lowest BCUT2D eigenvalue weighted by atomic mass is 10.1. The molecular weight excluding hydrogens is 398 g/mol. The molecule has 0 radical (unpaired) electrons. The second-order valence-electron chi connectivity index (χ2n) is 7.27. The minimum Gasteiger partial charge on any atom is -0.508 e. The van der Waals surface area contributed by atoms with Crippen LogP contribution in [0.25, 0.3) is 22.4 Å². The van der Waals surface area contributed by atoms with E-state index in [0.29, 0.717) is 55.3 Å². The molecule has 4 rings (SSSR count). The SMILES string of the molecule is N/C(=C\N(N)Cc1cnc2c(N3CCOCC3)nc(-c3cccc(O)c3)nc2c1)CO. The van der Waals surface area contributed by atoms with Crippen molar-refractivity contribution in [1.82, 2.24) is 20.0 Å². The van der Waals surface area contributed by atoms with Crippen LogP contribution >= 0.6 is 0 Å². The fourth-order valence-corrected chi connectivity index (χ4v) is 3.41. The Hall–Kier alpha value is -3.47. The van der Waals surface area contributed by atoms with E-state index in [4.69, 9.17) is 31.4 Å². The maximum Gasteiger partial charge on any atom is 0.162 e. The highest BCUT2D eigenvalue weighted by Crippen LogP contribution is 2.28. The molecule has 1 aromatic carbocycles. The summed E-state index contributed by atoms with van der Waals surface area (Å²) in [7, 11) is 0. The summed E-state index contributed by atoms with van der Waals surface area (Å²) in [5.41, 5.74) is 8.78. The summed E-state index contributed by atoms with van der Waals surface area (Å²) in [5, 5.41) is 20.3. The third-order valence-electron chi connectivity index (χ3n) is 4.87. The van der Waals surface area contributed by atoms with Gasteiger partial charge in [-0.1, -0.05) is 12.1 Å². The Bertz CT molecular complexity index is 1100. The van der Waals surface area contributed by atoms with Crippen molar-refractivity contribution in [1.29, 1.82) is 0 Å². The summed E-state index contributed by atoms with van der Waals surface area (Å²) >= 11 is 0. The molecule has 0 spiro atoms. The van der Waals surface area contributed by atoms with Gasteiger partial charge in [0.05, 0.1) is 37.6 Å². The number of benzene rings is 1. The first kappa shape index (κ1) is 20.8. The van der Waals surface area contributed by atoms with Crippen LogP contribution in [-0.4, -0.2) is 63.1 Å². The molecule has 0 atom stereocenters. The summed E-state index contributed by atoms with van der Waals surface area (Å²) in [5.74, 6) is 7.34. The van der Waals surface area contributed by atoms with E-state index in [0.717, 1.165) is 11.4 Å². The summed E-state index contributed by atoms with van der Waals surface area (Å²) in [6, 6.07) is 8.75. The number of fused-ring (bicyclic) bond motifs is 1. The first-order valence-electron chi connectivity index (χ1n) is 9.90. The number of anilines is 1. The van der Waals surface area contributed by atoms with Gasteiger partial charge in [0, 0.05) is 31.0 Å². The van der Waals surface area contributed by atoms with Gasteiger partial charge >= 0.3 is 0 Å². The minimum atomic E-state index is -0.271. The lowest BCUT2D eigenvalue weighted by molar-refractivity contribution is 0.122. The van der Waals surface area contributed by atoms with Crippen molar-refractivity contribution in [3.05, 3.63) is 54.0 Å². The second kappa shape index (κ2) is 9.13. The number of morpholine rings is 1. The molecule has 10 heteroatoms. The average molecular weight is 423 g/mol. The Morgan fingerprint density at radius 1 is 1.23 bits per heavy atom. The lowest BCUT2D eigenvalue weighted by Gasteiger charge is -2.28. The van der Waals surface area contributed by atoms with Gasteiger partial charge in [-0.05, 0) is 23.8 Å². The number of hydrogen-bond donors (Lipinski definition) is 4. The molecule has 6 N–H and O–H groups in total. The van der Waals surface area contributed by atoms with Crippen LogP contribution < -0.4 is 16.5 Å². The fourth-order valence-electron chi connectivity index (χ4n) is 3.41. The number of aliphatic hydroxyl groups is 1. The molecule has 162 valence electrons. The van der Waals surface area contributed by atoms with Crippen LogP contribution in [0.3, 0.4) is 0 Å². The van der Waals surface area contributed by atoms with Gasteiger partial charge in [0.15, 0.2) is 11.6 Å². The summed E-state index contributed by atoms with van der Waals surface area (Å²) < 4.78 is 5.48. The number of aliphatic hydroxyl groups excluding tert-OH is 1. The number of nitrogens with zero attached hydrogens (tertiary/aromatic N) is 5. The number of nitrogens with two attached hydrogens (primary N) is 2.